The summed E-state index contributed by atoms with van der Waals surface area (Å²) in [6.45, 7) is 5.18. The number of hydrogen-bond donors (Lipinski definition) is 2. The molecule has 2 N–H and O–H groups in total. The average molecular weight is 317 g/mol. The summed E-state index contributed by atoms with van der Waals surface area (Å²) in [5.41, 5.74) is 4.40. The van der Waals surface area contributed by atoms with Crippen molar-refractivity contribution in [3.8, 4) is 0 Å². The predicted octanol–water partition coefficient (Wildman–Crippen LogP) is 4.08. The first kappa shape index (κ1) is 16.4. The Labute approximate surface area is 136 Å². The normalized spacial score (nSPS) is 10.3. The molecule has 2 aromatic carbocycles. The maximum Gasteiger partial charge on any atom is 0.222 e. The van der Waals surface area contributed by atoms with Crippen LogP contribution in [0.25, 0.3) is 0 Å². The number of benzene rings is 2. The molecular formula is C18H21ClN2O. The molecule has 1 amide bonds. The van der Waals surface area contributed by atoms with E-state index in [2.05, 4.69) is 42.7 Å². The monoisotopic (exact) mass is 316 g/mol. The molecule has 0 aliphatic heterocycles. The number of halogens is 1. The highest BCUT2D eigenvalue weighted by Crippen LogP contribution is 2.16. The van der Waals surface area contributed by atoms with Crippen LogP contribution in [0.15, 0.2) is 42.5 Å². The molecule has 0 saturated heterocycles. The lowest BCUT2D eigenvalue weighted by Gasteiger charge is -2.11. The summed E-state index contributed by atoms with van der Waals surface area (Å²) in [6, 6.07) is 13.8. The van der Waals surface area contributed by atoms with E-state index in [1.54, 1.807) is 0 Å². The molecule has 0 heterocycles. The van der Waals surface area contributed by atoms with Gasteiger partial charge in [-0.2, -0.15) is 0 Å². The molecule has 0 radical (unpaired) electrons. The molecule has 0 spiro atoms. The molecule has 0 unspecified atom stereocenters. The molecule has 22 heavy (non-hydrogen) atoms. The molecule has 2 rings (SSSR count). The Morgan fingerprint density at radius 2 is 1.91 bits per heavy atom. The van der Waals surface area contributed by atoms with Gasteiger partial charge >= 0.3 is 0 Å². The van der Waals surface area contributed by atoms with Gasteiger partial charge in [-0.05, 0) is 42.7 Å². The van der Waals surface area contributed by atoms with Crippen molar-refractivity contribution in [1.82, 2.24) is 5.32 Å². The second kappa shape index (κ2) is 7.85. The van der Waals surface area contributed by atoms with Crippen molar-refractivity contribution in [1.29, 1.82) is 0 Å². The second-order valence-electron chi connectivity index (χ2n) is 5.36. The molecule has 0 aliphatic rings. The SMILES string of the molecule is Cc1ccc(C)c(NCCC(=O)NCc2ccccc2Cl)c1. The number of anilines is 1. The predicted molar refractivity (Wildman–Crippen MR) is 92.3 cm³/mol. The Kier molecular flexibility index (Phi) is 5.84. The van der Waals surface area contributed by atoms with Crippen LogP contribution in [-0.2, 0) is 11.3 Å². The summed E-state index contributed by atoms with van der Waals surface area (Å²) in [7, 11) is 0. The fourth-order valence-electron chi connectivity index (χ4n) is 2.16. The molecule has 0 saturated carbocycles. The van der Waals surface area contributed by atoms with Gasteiger partial charge in [-0.3, -0.25) is 4.79 Å². The minimum absolute atomic E-state index is 0.0118. The van der Waals surface area contributed by atoms with Crippen molar-refractivity contribution in [2.75, 3.05) is 11.9 Å². The largest absolute Gasteiger partial charge is 0.384 e. The average Bonchev–Trinajstić information content (AvgIpc) is 2.50. The van der Waals surface area contributed by atoms with Crippen LogP contribution in [0.3, 0.4) is 0 Å². The van der Waals surface area contributed by atoms with E-state index < -0.39 is 0 Å². The summed E-state index contributed by atoms with van der Waals surface area (Å²) in [5.74, 6) is 0.0118. The minimum atomic E-state index is 0.0118. The smallest absolute Gasteiger partial charge is 0.222 e. The van der Waals surface area contributed by atoms with Gasteiger partial charge < -0.3 is 10.6 Å². The topological polar surface area (TPSA) is 41.1 Å². The van der Waals surface area contributed by atoms with Crippen LogP contribution < -0.4 is 10.6 Å². The lowest BCUT2D eigenvalue weighted by molar-refractivity contribution is -0.121. The Balaban J connectivity index is 1.76. The lowest BCUT2D eigenvalue weighted by Crippen LogP contribution is -2.25. The molecule has 0 bridgehead atoms. The van der Waals surface area contributed by atoms with Crippen LogP contribution in [0.2, 0.25) is 5.02 Å². The van der Waals surface area contributed by atoms with Gasteiger partial charge in [-0.25, -0.2) is 0 Å². The molecule has 2 aromatic rings. The third-order valence-electron chi connectivity index (χ3n) is 3.49. The molecule has 3 nitrogen and oxygen atoms in total. The van der Waals surface area contributed by atoms with Gasteiger partial charge in [0.05, 0.1) is 0 Å². The number of carbonyl (C=O) groups excluding carboxylic acids is 1. The van der Waals surface area contributed by atoms with Gasteiger partial charge in [0.2, 0.25) is 5.91 Å². The third kappa shape index (κ3) is 4.78. The van der Waals surface area contributed by atoms with Crippen molar-refractivity contribution < 1.29 is 4.79 Å². The van der Waals surface area contributed by atoms with Crippen molar-refractivity contribution >= 4 is 23.2 Å². The zero-order chi connectivity index (χ0) is 15.9. The highest BCUT2D eigenvalue weighted by molar-refractivity contribution is 6.31. The van der Waals surface area contributed by atoms with E-state index in [1.807, 2.05) is 24.3 Å². The van der Waals surface area contributed by atoms with Gasteiger partial charge in [0, 0.05) is 30.2 Å². The summed E-state index contributed by atoms with van der Waals surface area (Å²) in [5, 5.41) is 6.87. The molecular weight excluding hydrogens is 296 g/mol. The zero-order valence-corrected chi connectivity index (χ0v) is 13.7. The van der Waals surface area contributed by atoms with Crippen LogP contribution >= 0.6 is 11.6 Å². The minimum Gasteiger partial charge on any atom is -0.384 e. The highest BCUT2D eigenvalue weighted by atomic mass is 35.5. The first-order chi connectivity index (χ1) is 10.6. The van der Waals surface area contributed by atoms with Crippen LogP contribution in [0, 0.1) is 13.8 Å². The van der Waals surface area contributed by atoms with Gasteiger partial charge in [0.15, 0.2) is 0 Å². The zero-order valence-electron chi connectivity index (χ0n) is 12.9. The van der Waals surface area contributed by atoms with Crippen molar-refractivity contribution in [3.05, 3.63) is 64.2 Å². The number of amides is 1. The third-order valence-corrected chi connectivity index (χ3v) is 3.86. The lowest BCUT2D eigenvalue weighted by atomic mass is 10.1. The van der Waals surface area contributed by atoms with Gasteiger partial charge in [0.1, 0.15) is 0 Å². The Hall–Kier alpha value is -2.00. The van der Waals surface area contributed by atoms with E-state index in [9.17, 15) is 4.79 Å². The van der Waals surface area contributed by atoms with Crippen molar-refractivity contribution in [3.63, 3.8) is 0 Å². The van der Waals surface area contributed by atoms with Crippen LogP contribution in [0.4, 0.5) is 5.69 Å². The molecule has 0 aliphatic carbocycles. The van der Waals surface area contributed by atoms with Crippen molar-refractivity contribution in [2.45, 2.75) is 26.8 Å². The fourth-order valence-corrected chi connectivity index (χ4v) is 2.36. The summed E-state index contributed by atoms with van der Waals surface area (Å²) < 4.78 is 0. The molecule has 4 heteroatoms. The maximum atomic E-state index is 11.9. The standard InChI is InChI=1S/C18H21ClN2O/c1-13-7-8-14(2)17(11-13)20-10-9-18(22)21-12-15-5-3-4-6-16(15)19/h3-8,11,20H,9-10,12H2,1-2H3,(H,21,22). The number of nitrogens with one attached hydrogen (secondary N) is 2. The quantitative estimate of drug-likeness (QED) is 0.843. The van der Waals surface area contributed by atoms with Crippen LogP contribution in [0.1, 0.15) is 23.1 Å². The molecule has 0 fully saturated rings. The van der Waals surface area contributed by atoms with Gasteiger partial charge in [0.25, 0.3) is 0 Å². The molecule has 116 valence electrons. The molecule has 0 aromatic heterocycles. The maximum absolute atomic E-state index is 11.9. The highest BCUT2D eigenvalue weighted by Gasteiger charge is 2.04. The summed E-state index contributed by atoms with van der Waals surface area (Å²) >= 11 is 6.06. The van der Waals surface area contributed by atoms with E-state index in [0.717, 1.165) is 11.3 Å². The Bertz CT molecular complexity index is 655. The Morgan fingerprint density at radius 3 is 2.68 bits per heavy atom. The van der Waals surface area contributed by atoms with E-state index in [0.29, 0.717) is 24.5 Å². The summed E-state index contributed by atoms with van der Waals surface area (Å²) in [4.78, 5) is 11.9. The fraction of sp³-hybridized carbons (Fsp3) is 0.278. The van der Waals surface area contributed by atoms with E-state index in [-0.39, 0.29) is 5.91 Å². The Morgan fingerprint density at radius 1 is 1.14 bits per heavy atom. The van der Waals surface area contributed by atoms with E-state index in [1.165, 1.54) is 11.1 Å². The number of carbonyl (C=O) groups is 1. The number of aryl methyl sites for hydroxylation is 2. The number of hydrogen-bond acceptors (Lipinski definition) is 2. The van der Waals surface area contributed by atoms with Gasteiger partial charge in [-0.1, -0.05) is 41.9 Å². The van der Waals surface area contributed by atoms with Crippen LogP contribution in [0.5, 0.6) is 0 Å². The van der Waals surface area contributed by atoms with Crippen molar-refractivity contribution in [2.24, 2.45) is 0 Å². The second-order valence-corrected chi connectivity index (χ2v) is 5.77. The number of rotatable bonds is 6. The van der Waals surface area contributed by atoms with Crippen LogP contribution in [-0.4, -0.2) is 12.5 Å². The van der Waals surface area contributed by atoms with E-state index in [4.69, 9.17) is 11.6 Å². The molecule has 0 atom stereocenters. The van der Waals surface area contributed by atoms with Gasteiger partial charge in [-0.15, -0.1) is 0 Å². The van der Waals surface area contributed by atoms with E-state index >= 15 is 0 Å². The first-order valence-electron chi connectivity index (χ1n) is 7.37. The summed E-state index contributed by atoms with van der Waals surface area (Å²) in [6.07, 6.45) is 0.428. The first-order valence-corrected chi connectivity index (χ1v) is 7.75.